The molecule has 0 amide bonds. The van der Waals surface area contributed by atoms with E-state index in [1.165, 1.54) is 4.88 Å². The summed E-state index contributed by atoms with van der Waals surface area (Å²) in [7, 11) is 0. The summed E-state index contributed by atoms with van der Waals surface area (Å²) in [4.78, 5) is 11.0. The molecule has 4 nitrogen and oxygen atoms in total. The summed E-state index contributed by atoms with van der Waals surface area (Å²) in [5.41, 5.74) is 5.94. The maximum Gasteiger partial charge on any atom is 0.225 e. The van der Waals surface area contributed by atoms with Crippen molar-refractivity contribution in [3.05, 3.63) is 17.3 Å². The Morgan fingerprint density at radius 2 is 2.00 bits per heavy atom. The van der Waals surface area contributed by atoms with E-state index in [0.717, 1.165) is 41.8 Å². The van der Waals surface area contributed by atoms with Crippen LogP contribution in [0.15, 0.2) is 12.4 Å². The fourth-order valence-corrected chi connectivity index (χ4v) is 3.59. The summed E-state index contributed by atoms with van der Waals surface area (Å²) in [6, 6.07) is 2.52. The first-order valence-corrected chi connectivity index (χ1v) is 8.12. The quantitative estimate of drug-likeness (QED) is 0.940. The zero-order valence-electron chi connectivity index (χ0n) is 12.0. The molecule has 2 heterocycles. The molecular formula is C15H21N3OS. The number of fused-ring (bicyclic) bond motifs is 1. The number of ether oxygens (including phenoxy) is 1. The molecular weight excluding hydrogens is 270 g/mol. The standard InChI is InChI=1S/C15H21N3OS/c1-9(2)13-7-12-14(17-8-18-15(12)20-13)19-11-5-3-10(16)4-6-11/h7-11H,3-6,16H2,1-2H3. The molecule has 5 heteroatoms. The topological polar surface area (TPSA) is 61.0 Å². The smallest absolute Gasteiger partial charge is 0.225 e. The Labute approximate surface area is 123 Å². The highest BCUT2D eigenvalue weighted by atomic mass is 32.1. The molecule has 108 valence electrons. The van der Waals surface area contributed by atoms with Gasteiger partial charge in [-0.05, 0) is 37.7 Å². The van der Waals surface area contributed by atoms with Crippen molar-refractivity contribution >= 4 is 21.6 Å². The van der Waals surface area contributed by atoms with Crippen LogP contribution in [0.1, 0.15) is 50.3 Å². The van der Waals surface area contributed by atoms with E-state index in [1.54, 1.807) is 17.7 Å². The van der Waals surface area contributed by atoms with Crippen LogP contribution in [0.25, 0.3) is 10.2 Å². The molecule has 1 aliphatic rings. The molecule has 0 spiro atoms. The van der Waals surface area contributed by atoms with E-state index in [-0.39, 0.29) is 6.10 Å². The number of nitrogens with two attached hydrogens (primary N) is 1. The van der Waals surface area contributed by atoms with Gasteiger partial charge in [-0.25, -0.2) is 9.97 Å². The van der Waals surface area contributed by atoms with Gasteiger partial charge in [0.25, 0.3) is 0 Å². The predicted molar refractivity (Wildman–Crippen MR) is 82.4 cm³/mol. The van der Waals surface area contributed by atoms with E-state index in [0.29, 0.717) is 12.0 Å². The lowest BCUT2D eigenvalue weighted by Crippen LogP contribution is -2.31. The molecule has 2 aromatic heterocycles. The van der Waals surface area contributed by atoms with Crippen LogP contribution in [0.3, 0.4) is 0 Å². The Kier molecular flexibility index (Phi) is 3.89. The molecule has 2 N–H and O–H groups in total. The molecule has 1 aliphatic carbocycles. The van der Waals surface area contributed by atoms with Crippen molar-refractivity contribution in [1.82, 2.24) is 9.97 Å². The second-order valence-corrected chi connectivity index (χ2v) is 6.92. The first-order valence-electron chi connectivity index (χ1n) is 7.30. The van der Waals surface area contributed by atoms with Crippen LogP contribution >= 0.6 is 11.3 Å². The Balaban J connectivity index is 1.84. The largest absolute Gasteiger partial charge is 0.474 e. The lowest BCUT2D eigenvalue weighted by molar-refractivity contribution is 0.143. The summed E-state index contributed by atoms with van der Waals surface area (Å²) in [6.07, 6.45) is 5.98. The average molecular weight is 291 g/mol. The van der Waals surface area contributed by atoms with E-state index >= 15 is 0 Å². The molecule has 0 aliphatic heterocycles. The third-order valence-corrected chi connectivity index (χ3v) is 5.22. The fraction of sp³-hybridized carbons (Fsp3) is 0.600. The minimum Gasteiger partial charge on any atom is -0.474 e. The third kappa shape index (κ3) is 2.79. The molecule has 1 fully saturated rings. The normalized spacial score (nSPS) is 23.4. The molecule has 1 saturated carbocycles. The lowest BCUT2D eigenvalue weighted by atomic mass is 9.94. The summed E-state index contributed by atoms with van der Waals surface area (Å²) in [6.45, 7) is 4.39. The minimum absolute atomic E-state index is 0.246. The Morgan fingerprint density at radius 1 is 1.25 bits per heavy atom. The highest BCUT2D eigenvalue weighted by Crippen LogP contribution is 2.34. The SMILES string of the molecule is CC(C)c1cc2c(OC3CCC(N)CC3)ncnc2s1. The van der Waals surface area contributed by atoms with Gasteiger partial charge in [-0.3, -0.25) is 0 Å². The van der Waals surface area contributed by atoms with E-state index < -0.39 is 0 Å². The molecule has 0 atom stereocenters. The molecule has 0 saturated heterocycles. The highest BCUT2D eigenvalue weighted by molar-refractivity contribution is 7.18. The molecule has 3 rings (SSSR count). The van der Waals surface area contributed by atoms with Crippen LogP contribution in [0, 0.1) is 0 Å². The number of rotatable bonds is 3. The highest BCUT2D eigenvalue weighted by Gasteiger charge is 2.21. The molecule has 0 aromatic carbocycles. The zero-order valence-corrected chi connectivity index (χ0v) is 12.8. The van der Waals surface area contributed by atoms with E-state index in [9.17, 15) is 0 Å². The van der Waals surface area contributed by atoms with Crippen molar-refractivity contribution in [3.8, 4) is 5.88 Å². The Morgan fingerprint density at radius 3 is 2.70 bits per heavy atom. The van der Waals surface area contributed by atoms with Crippen molar-refractivity contribution in [2.45, 2.75) is 57.6 Å². The first kappa shape index (κ1) is 13.8. The average Bonchev–Trinajstić information content (AvgIpc) is 2.87. The first-order chi connectivity index (χ1) is 9.63. The van der Waals surface area contributed by atoms with Gasteiger partial charge < -0.3 is 10.5 Å². The van der Waals surface area contributed by atoms with E-state index in [2.05, 4.69) is 29.9 Å². The molecule has 0 unspecified atom stereocenters. The summed E-state index contributed by atoms with van der Waals surface area (Å²) in [5, 5.41) is 1.05. The van der Waals surface area contributed by atoms with Gasteiger partial charge >= 0.3 is 0 Å². The summed E-state index contributed by atoms with van der Waals surface area (Å²) < 4.78 is 6.11. The molecule has 2 aromatic rings. The van der Waals surface area contributed by atoms with E-state index in [1.807, 2.05) is 0 Å². The third-order valence-electron chi connectivity index (χ3n) is 3.88. The fourth-order valence-electron chi connectivity index (χ4n) is 2.60. The molecule has 0 radical (unpaired) electrons. The van der Waals surface area contributed by atoms with Crippen molar-refractivity contribution < 1.29 is 4.74 Å². The van der Waals surface area contributed by atoms with Crippen LogP contribution in [-0.4, -0.2) is 22.1 Å². The Hall–Kier alpha value is -1.20. The van der Waals surface area contributed by atoms with Crippen molar-refractivity contribution in [3.63, 3.8) is 0 Å². The lowest BCUT2D eigenvalue weighted by Gasteiger charge is -2.26. The second-order valence-electron chi connectivity index (χ2n) is 5.86. The second kappa shape index (κ2) is 5.66. The number of hydrogen-bond donors (Lipinski definition) is 1. The monoisotopic (exact) mass is 291 g/mol. The number of nitrogens with zero attached hydrogens (tertiary/aromatic N) is 2. The summed E-state index contributed by atoms with van der Waals surface area (Å²) in [5.74, 6) is 1.24. The van der Waals surface area contributed by atoms with Gasteiger partial charge in [0.2, 0.25) is 5.88 Å². The van der Waals surface area contributed by atoms with Gasteiger partial charge in [-0.15, -0.1) is 11.3 Å². The van der Waals surface area contributed by atoms with Gasteiger partial charge in [-0.1, -0.05) is 13.8 Å². The van der Waals surface area contributed by atoms with Crippen LogP contribution in [0.4, 0.5) is 0 Å². The van der Waals surface area contributed by atoms with Gasteiger partial charge in [0.15, 0.2) is 0 Å². The minimum atomic E-state index is 0.246. The van der Waals surface area contributed by atoms with Crippen LogP contribution in [-0.2, 0) is 0 Å². The van der Waals surface area contributed by atoms with Gasteiger partial charge in [0.05, 0.1) is 5.39 Å². The maximum atomic E-state index is 6.11. The van der Waals surface area contributed by atoms with Gasteiger partial charge in [-0.2, -0.15) is 0 Å². The van der Waals surface area contributed by atoms with Crippen molar-refractivity contribution in [2.75, 3.05) is 0 Å². The summed E-state index contributed by atoms with van der Waals surface area (Å²) >= 11 is 1.73. The molecule has 20 heavy (non-hydrogen) atoms. The maximum absolute atomic E-state index is 6.11. The van der Waals surface area contributed by atoms with Crippen LogP contribution in [0.5, 0.6) is 5.88 Å². The van der Waals surface area contributed by atoms with Gasteiger partial charge in [0.1, 0.15) is 17.3 Å². The number of thiophene rings is 1. The Bertz CT molecular complexity index is 588. The van der Waals surface area contributed by atoms with Gasteiger partial charge in [0, 0.05) is 10.9 Å². The van der Waals surface area contributed by atoms with Crippen LogP contribution in [0.2, 0.25) is 0 Å². The zero-order chi connectivity index (χ0) is 14.1. The number of hydrogen-bond acceptors (Lipinski definition) is 5. The van der Waals surface area contributed by atoms with Crippen LogP contribution < -0.4 is 10.5 Å². The predicted octanol–water partition coefficient (Wildman–Crippen LogP) is 3.46. The van der Waals surface area contributed by atoms with E-state index in [4.69, 9.17) is 10.5 Å². The van der Waals surface area contributed by atoms with Crippen molar-refractivity contribution in [2.24, 2.45) is 5.73 Å². The number of aromatic nitrogens is 2. The molecule has 0 bridgehead atoms. The van der Waals surface area contributed by atoms with Crippen molar-refractivity contribution in [1.29, 1.82) is 0 Å².